The van der Waals surface area contributed by atoms with Crippen molar-refractivity contribution < 1.29 is 13.9 Å². The second-order valence-electron chi connectivity index (χ2n) is 4.89. The van der Waals surface area contributed by atoms with Crippen molar-refractivity contribution in [3.63, 3.8) is 0 Å². The molecule has 1 amide bonds. The molecule has 1 heterocycles. The maximum atomic E-state index is 13.1. The van der Waals surface area contributed by atoms with Crippen LogP contribution < -0.4 is 15.4 Å². The molecule has 0 saturated carbocycles. The molecule has 0 saturated heterocycles. The average Bonchev–Trinajstić information content (AvgIpc) is 2.96. The van der Waals surface area contributed by atoms with Crippen molar-refractivity contribution in [2.75, 3.05) is 12.4 Å². The molecule has 0 fully saturated rings. The molecule has 108 valence electrons. The highest BCUT2D eigenvalue weighted by atomic mass is 19.1. The molecule has 3 rings (SSSR count). The van der Waals surface area contributed by atoms with Gasteiger partial charge in [0.2, 0.25) is 0 Å². The summed E-state index contributed by atoms with van der Waals surface area (Å²) in [5.41, 5.74) is 3.37. The molecule has 0 aromatic heterocycles. The second-order valence-corrected chi connectivity index (χ2v) is 4.89. The van der Waals surface area contributed by atoms with Crippen LogP contribution in [0.15, 0.2) is 36.4 Å². The molecule has 0 radical (unpaired) electrons. The van der Waals surface area contributed by atoms with Crippen molar-refractivity contribution in [3.8, 4) is 5.75 Å². The van der Waals surface area contributed by atoms with E-state index < -0.39 is 5.82 Å². The van der Waals surface area contributed by atoms with Gasteiger partial charge in [-0.15, -0.1) is 0 Å². The first-order valence-corrected chi connectivity index (χ1v) is 6.65. The van der Waals surface area contributed by atoms with E-state index in [9.17, 15) is 9.18 Å². The summed E-state index contributed by atoms with van der Waals surface area (Å²) in [5, 5.41) is 5.98. The van der Waals surface area contributed by atoms with Gasteiger partial charge < -0.3 is 15.4 Å². The van der Waals surface area contributed by atoms with E-state index in [4.69, 9.17) is 4.74 Å². The predicted molar refractivity (Wildman–Crippen MR) is 77.9 cm³/mol. The zero-order valence-electron chi connectivity index (χ0n) is 11.6. The molecule has 2 N–H and O–H groups in total. The maximum Gasteiger partial charge on any atom is 0.255 e. The zero-order chi connectivity index (χ0) is 14.8. The number of benzene rings is 2. The number of fused-ring (bicyclic) bond motifs is 1. The average molecular weight is 286 g/mol. The molecule has 0 spiro atoms. The Labute approximate surface area is 121 Å². The molecule has 0 bridgehead atoms. The van der Waals surface area contributed by atoms with E-state index in [1.165, 1.54) is 30.9 Å². The van der Waals surface area contributed by atoms with Crippen molar-refractivity contribution in [3.05, 3.63) is 58.9 Å². The van der Waals surface area contributed by atoms with E-state index in [-0.39, 0.29) is 5.91 Å². The van der Waals surface area contributed by atoms with E-state index in [0.29, 0.717) is 17.0 Å². The van der Waals surface area contributed by atoms with E-state index in [2.05, 4.69) is 10.6 Å². The van der Waals surface area contributed by atoms with Gasteiger partial charge in [0.05, 0.1) is 12.8 Å². The number of halogens is 1. The SMILES string of the molecule is COc1cc(F)ccc1NC(=O)c1ccc2c(c1)CNC2. The molecule has 21 heavy (non-hydrogen) atoms. The van der Waals surface area contributed by atoms with Crippen LogP contribution in [0.25, 0.3) is 0 Å². The quantitative estimate of drug-likeness (QED) is 0.912. The summed E-state index contributed by atoms with van der Waals surface area (Å²) in [7, 11) is 1.44. The van der Waals surface area contributed by atoms with Gasteiger partial charge >= 0.3 is 0 Å². The van der Waals surface area contributed by atoms with Crippen LogP contribution in [0, 0.1) is 5.82 Å². The molecule has 2 aromatic carbocycles. The van der Waals surface area contributed by atoms with Crippen molar-refractivity contribution in [1.82, 2.24) is 5.32 Å². The van der Waals surface area contributed by atoms with Gasteiger partial charge in [-0.1, -0.05) is 6.07 Å². The number of carbonyl (C=O) groups excluding carboxylic acids is 1. The lowest BCUT2D eigenvalue weighted by Crippen LogP contribution is -2.13. The maximum absolute atomic E-state index is 13.1. The van der Waals surface area contributed by atoms with Gasteiger partial charge in [0.25, 0.3) is 5.91 Å². The zero-order valence-corrected chi connectivity index (χ0v) is 11.6. The van der Waals surface area contributed by atoms with Crippen molar-refractivity contribution in [2.45, 2.75) is 13.1 Å². The second kappa shape index (κ2) is 5.54. The van der Waals surface area contributed by atoms with Crippen molar-refractivity contribution in [1.29, 1.82) is 0 Å². The first-order valence-electron chi connectivity index (χ1n) is 6.65. The largest absolute Gasteiger partial charge is 0.494 e. The number of carbonyl (C=O) groups is 1. The number of anilines is 1. The monoisotopic (exact) mass is 286 g/mol. The van der Waals surface area contributed by atoms with Gasteiger partial charge in [-0.3, -0.25) is 4.79 Å². The summed E-state index contributed by atoms with van der Waals surface area (Å²) in [4.78, 5) is 12.3. The molecule has 2 aromatic rings. The van der Waals surface area contributed by atoms with E-state index in [0.717, 1.165) is 18.7 Å². The minimum Gasteiger partial charge on any atom is -0.494 e. The summed E-state index contributed by atoms with van der Waals surface area (Å²) in [6, 6.07) is 9.62. The summed E-state index contributed by atoms with van der Waals surface area (Å²) >= 11 is 0. The van der Waals surface area contributed by atoms with Crippen LogP contribution in [-0.4, -0.2) is 13.0 Å². The smallest absolute Gasteiger partial charge is 0.255 e. The summed E-state index contributed by atoms with van der Waals surface area (Å²) < 4.78 is 18.2. The lowest BCUT2D eigenvalue weighted by atomic mass is 10.1. The first kappa shape index (κ1) is 13.6. The number of hydrogen-bond donors (Lipinski definition) is 2. The molecular formula is C16H15FN2O2. The number of methoxy groups -OCH3 is 1. The Morgan fingerprint density at radius 3 is 2.81 bits per heavy atom. The number of amides is 1. The van der Waals surface area contributed by atoms with Gasteiger partial charge in [-0.2, -0.15) is 0 Å². The van der Waals surface area contributed by atoms with Crippen LogP contribution >= 0.6 is 0 Å². The molecule has 0 aliphatic carbocycles. The van der Waals surface area contributed by atoms with Gasteiger partial charge in [-0.25, -0.2) is 4.39 Å². The third-order valence-corrected chi connectivity index (χ3v) is 3.51. The Kier molecular flexibility index (Phi) is 3.58. The van der Waals surface area contributed by atoms with Gasteiger partial charge in [0, 0.05) is 24.7 Å². The Hall–Kier alpha value is -2.40. The van der Waals surface area contributed by atoms with Gasteiger partial charge in [-0.05, 0) is 35.4 Å². The highest BCUT2D eigenvalue weighted by Crippen LogP contribution is 2.26. The van der Waals surface area contributed by atoms with Gasteiger partial charge in [0.1, 0.15) is 11.6 Å². The highest BCUT2D eigenvalue weighted by Gasteiger charge is 2.15. The van der Waals surface area contributed by atoms with E-state index >= 15 is 0 Å². The molecular weight excluding hydrogens is 271 g/mol. The Balaban J connectivity index is 1.83. The van der Waals surface area contributed by atoms with Crippen LogP contribution in [0.2, 0.25) is 0 Å². The predicted octanol–water partition coefficient (Wildman–Crippen LogP) is 2.69. The number of ether oxygens (including phenoxy) is 1. The van der Waals surface area contributed by atoms with Crippen molar-refractivity contribution in [2.24, 2.45) is 0 Å². The standard InChI is InChI=1S/C16H15FN2O2/c1-21-15-7-13(17)4-5-14(15)19-16(20)10-2-3-11-8-18-9-12(11)6-10/h2-7,18H,8-9H2,1H3,(H,19,20). The number of nitrogens with one attached hydrogen (secondary N) is 2. The summed E-state index contributed by atoms with van der Waals surface area (Å²) in [6.45, 7) is 1.61. The third kappa shape index (κ3) is 2.73. The van der Waals surface area contributed by atoms with E-state index in [1.807, 2.05) is 12.1 Å². The van der Waals surface area contributed by atoms with Crippen molar-refractivity contribution >= 4 is 11.6 Å². The van der Waals surface area contributed by atoms with Crippen LogP contribution in [0.5, 0.6) is 5.75 Å². The summed E-state index contributed by atoms with van der Waals surface area (Å²) in [5.74, 6) is -0.353. The minimum atomic E-state index is -0.409. The molecule has 5 heteroatoms. The summed E-state index contributed by atoms with van der Waals surface area (Å²) in [6.07, 6.45) is 0. The van der Waals surface area contributed by atoms with Crippen LogP contribution in [0.1, 0.15) is 21.5 Å². The normalized spacial score (nSPS) is 12.9. The molecule has 0 unspecified atom stereocenters. The topological polar surface area (TPSA) is 50.4 Å². The molecule has 1 aliphatic rings. The lowest BCUT2D eigenvalue weighted by molar-refractivity contribution is 0.102. The number of hydrogen-bond acceptors (Lipinski definition) is 3. The Morgan fingerprint density at radius 2 is 2.00 bits per heavy atom. The Bertz CT molecular complexity index is 701. The molecule has 1 aliphatic heterocycles. The lowest BCUT2D eigenvalue weighted by Gasteiger charge is -2.10. The fourth-order valence-corrected chi connectivity index (χ4v) is 2.40. The fraction of sp³-hybridized carbons (Fsp3) is 0.188. The first-order chi connectivity index (χ1) is 10.2. The molecule has 4 nitrogen and oxygen atoms in total. The van der Waals surface area contributed by atoms with Crippen LogP contribution in [0.4, 0.5) is 10.1 Å². The Morgan fingerprint density at radius 1 is 1.19 bits per heavy atom. The van der Waals surface area contributed by atoms with Crippen LogP contribution in [0.3, 0.4) is 0 Å². The number of rotatable bonds is 3. The van der Waals surface area contributed by atoms with Crippen LogP contribution in [-0.2, 0) is 13.1 Å². The van der Waals surface area contributed by atoms with Gasteiger partial charge in [0.15, 0.2) is 0 Å². The minimum absolute atomic E-state index is 0.241. The fourth-order valence-electron chi connectivity index (χ4n) is 2.40. The van der Waals surface area contributed by atoms with E-state index in [1.54, 1.807) is 6.07 Å². The third-order valence-electron chi connectivity index (χ3n) is 3.51. The highest BCUT2D eigenvalue weighted by molar-refractivity contribution is 6.05. The molecule has 0 atom stereocenters.